The van der Waals surface area contributed by atoms with E-state index in [2.05, 4.69) is 20.9 Å². The Bertz CT molecular complexity index is 296. The first-order chi connectivity index (χ1) is 5.61. The first-order valence-electron chi connectivity index (χ1n) is 3.46. The minimum absolute atomic E-state index is 0.0741. The van der Waals surface area contributed by atoms with Gasteiger partial charge in [-0.25, -0.2) is 4.99 Å². The molecule has 12 heavy (non-hydrogen) atoms. The largest absolute Gasteiger partial charge is 0.370 e. The number of aliphatic imine (C=N–C) groups is 1. The van der Waals surface area contributed by atoms with Gasteiger partial charge in [0.2, 0.25) is 0 Å². The first kappa shape index (κ1) is 9.06. The SMILES string of the molecule is Cc1cccc(Br)c1N=C(N)N. The number of halogens is 1. The average molecular weight is 228 g/mol. The van der Waals surface area contributed by atoms with E-state index in [1.807, 2.05) is 25.1 Å². The van der Waals surface area contributed by atoms with Gasteiger partial charge in [0.25, 0.3) is 0 Å². The number of aryl methyl sites for hydroxylation is 1. The van der Waals surface area contributed by atoms with E-state index in [1.54, 1.807) is 0 Å². The van der Waals surface area contributed by atoms with E-state index in [0.29, 0.717) is 0 Å². The molecule has 0 heterocycles. The highest BCUT2D eigenvalue weighted by atomic mass is 79.9. The highest BCUT2D eigenvalue weighted by Gasteiger charge is 2.00. The quantitative estimate of drug-likeness (QED) is 0.567. The van der Waals surface area contributed by atoms with E-state index in [0.717, 1.165) is 15.7 Å². The Morgan fingerprint density at radius 1 is 1.42 bits per heavy atom. The summed E-state index contributed by atoms with van der Waals surface area (Å²) in [6.07, 6.45) is 0. The molecule has 0 unspecified atom stereocenters. The predicted octanol–water partition coefficient (Wildman–Crippen LogP) is 1.66. The molecule has 1 rings (SSSR count). The zero-order valence-corrected chi connectivity index (χ0v) is 8.30. The highest BCUT2D eigenvalue weighted by Crippen LogP contribution is 2.28. The van der Waals surface area contributed by atoms with E-state index in [-0.39, 0.29) is 5.96 Å². The second-order valence-electron chi connectivity index (χ2n) is 2.44. The predicted molar refractivity (Wildman–Crippen MR) is 54.3 cm³/mol. The lowest BCUT2D eigenvalue weighted by atomic mass is 10.2. The number of hydrogen-bond acceptors (Lipinski definition) is 1. The summed E-state index contributed by atoms with van der Waals surface area (Å²) in [6, 6.07) is 5.78. The fourth-order valence-corrected chi connectivity index (χ4v) is 1.45. The van der Waals surface area contributed by atoms with Gasteiger partial charge < -0.3 is 11.5 Å². The van der Waals surface area contributed by atoms with Gasteiger partial charge in [-0.05, 0) is 34.5 Å². The minimum atomic E-state index is 0.0741. The van der Waals surface area contributed by atoms with Crippen LogP contribution in [0, 0.1) is 6.92 Å². The maximum atomic E-state index is 5.27. The van der Waals surface area contributed by atoms with E-state index < -0.39 is 0 Å². The molecule has 64 valence electrons. The van der Waals surface area contributed by atoms with Gasteiger partial charge in [0, 0.05) is 4.47 Å². The Labute approximate surface area is 79.6 Å². The number of rotatable bonds is 1. The van der Waals surface area contributed by atoms with E-state index in [9.17, 15) is 0 Å². The second-order valence-corrected chi connectivity index (χ2v) is 3.30. The normalized spacial score (nSPS) is 9.50. The van der Waals surface area contributed by atoms with Crippen LogP contribution in [0.3, 0.4) is 0 Å². The van der Waals surface area contributed by atoms with Crippen molar-refractivity contribution in [1.29, 1.82) is 0 Å². The molecule has 0 saturated heterocycles. The van der Waals surface area contributed by atoms with Gasteiger partial charge >= 0.3 is 0 Å². The molecule has 1 aromatic rings. The Kier molecular flexibility index (Phi) is 2.70. The lowest BCUT2D eigenvalue weighted by Crippen LogP contribution is -2.22. The van der Waals surface area contributed by atoms with Crippen molar-refractivity contribution in [2.24, 2.45) is 16.5 Å². The van der Waals surface area contributed by atoms with Crippen LogP contribution in [0.2, 0.25) is 0 Å². The van der Waals surface area contributed by atoms with Crippen molar-refractivity contribution in [3.05, 3.63) is 28.2 Å². The molecular formula is C8H10BrN3. The van der Waals surface area contributed by atoms with E-state index >= 15 is 0 Å². The molecule has 0 aliphatic heterocycles. The van der Waals surface area contributed by atoms with E-state index in [1.165, 1.54) is 0 Å². The summed E-state index contributed by atoms with van der Waals surface area (Å²) in [6.45, 7) is 1.95. The Morgan fingerprint density at radius 3 is 2.58 bits per heavy atom. The molecule has 0 radical (unpaired) electrons. The summed E-state index contributed by atoms with van der Waals surface area (Å²) in [7, 11) is 0. The fraction of sp³-hybridized carbons (Fsp3) is 0.125. The van der Waals surface area contributed by atoms with Crippen LogP contribution in [0.15, 0.2) is 27.7 Å². The molecule has 1 aromatic carbocycles. The first-order valence-corrected chi connectivity index (χ1v) is 4.25. The molecular weight excluding hydrogens is 218 g/mol. The van der Waals surface area contributed by atoms with Gasteiger partial charge in [-0.15, -0.1) is 0 Å². The average Bonchev–Trinajstić information content (AvgIpc) is 1.97. The molecule has 0 fully saturated rings. The smallest absolute Gasteiger partial charge is 0.191 e. The number of para-hydroxylation sites is 1. The highest BCUT2D eigenvalue weighted by molar-refractivity contribution is 9.10. The van der Waals surface area contributed by atoms with Gasteiger partial charge in [0.15, 0.2) is 5.96 Å². The van der Waals surface area contributed by atoms with Crippen molar-refractivity contribution in [3.63, 3.8) is 0 Å². The summed E-state index contributed by atoms with van der Waals surface area (Å²) in [5.74, 6) is 0.0741. The molecule has 0 aromatic heterocycles. The number of nitrogens with two attached hydrogens (primary N) is 2. The summed E-state index contributed by atoms with van der Waals surface area (Å²) in [5.41, 5.74) is 12.4. The zero-order valence-electron chi connectivity index (χ0n) is 6.71. The summed E-state index contributed by atoms with van der Waals surface area (Å²) in [5, 5.41) is 0. The third kappa shape index (κ3) is 1.98. The maximum absolute atomic E-state index is 5.27. The third-order valence-corrected chi connectivity index (χ3v) is 2.07. The maximum Gasteiger partial charge on any atom is 0.191 e. The van der Waals surface area contributed by atoms with Crippen molar-refractivity contribution in [2.75, 3.05) is 0 Å². The van der Waals surface area contributed by atoms with Crippen LogP contribution in [0.4, 0.5) is 5.69 Å². The van der Waals surface area contributed by atoms with Gasteiger partial charge in [0.1, 0.15) is 0 Å². The lowest BCUT2D eigenvalue weighted by Gasteiger charge is -2.02. The van der Waals surface area contributed by atoms with Crippen LogP contribution < -0.4 is 11.5 Å². The molecule has 0 spiro atoms. The van der Waals surface area contributed by atoms with E-state index in [4.69, 9.17) is 11.5 Å². The molecule has 3 nitrogen and oxygen atoms in total. The van der Waals surface area contributed by atoms with Crippen molar-refractivity contribution >= 4 is 27.6 Å². The Hall–Kier alpha value is -1.03. The van der Waals surface area contributed by atoms with Crippen molar-refractivity contribution < 1.29 is 0 Å². The van der Waals surface area contributed by atoms with Gasteiger partial charge in [-0.3, -0.25) is 0 Å². The molecule has 4 heteroatoms. The Balaban J connectivity index is 3.22. The standard InChI is InChI=1S/C8H10BrN3/c1-5-3-2-4-6(9)7(5)12-8(10)11/h2-4H,1H3,(H4,10,11,12). The van der Waals surface area contributed by atoms with Crippen molar-refractivity contribution in [1.82, 2.24) is 0 Å². The molecule has 0 aliphatic rings. The van der Waals surface area contributed by atoms with Crippen molar-refractivity contribution in [2.45, 2.75) is 6.92 Å². The zero-order chi connectivity index (χ0) is 9.14. The molecule has 0 bridgehead atoms. The number of nitrogens with zero attached hydrogens (tertiary/aromatic N) is 1. The van der Waals surface area contributed by atoms with Gasteiger partial charge in [0.05, 0.1) is 5.69 Å². The summed E-state index contributed by atoms with van der Waals surface area (Å²) in [4.78, 5) is 3.98. The molecule has 0 atom stereocenters. The topological polar surface area (TPSA) is 64.4 Å². The molecule has 0 aliphatic carbocycles. The van der Waals surface area contributed by atoms with Crippen LogP contribution in [0.25, 0.3) is 0 Å². The monoisotopic (exact) mass is 227 g/mol. The number of benzene rings is 1. The second kappa shape index (κ2) is 3.58. The molecule has 4 N–H and O–H groups in total. The van der Waals surface area contributed by atoms with Crippen molar-refractivity contribution in [3.8, 4) is 0 Å². The summed E-state index contributed by atoms with van der Waals surface area (Å²) < 4.78 is 0.899. The van der Waals surface area contributed by atoms with Crippen LogP contribution in [0.1, 0.15) is 5.56 Å². The van der Waals surface area contributed by atoms with Crippen LogP contribution in [0.5, 0.6) is 0 Å². The molecule has 0 amide bonds. The minimum Gasteiger partial charge on any atom is -0.370 e. The number of hydrogen-bond donors (Lipinski definition) is 2. The van der Waals surface area contributed by atoms with Crippen LogP contribution >= 0.6 is 15.9 Å². The Morgan fingerprint density at radius 2 is 2.08 bits per heavy atom. The molecule has 0 saturated carbocycles. The van der Waals surface area contributed by atoms with Crippen LogP contribution in [-0.4, -0.2) is 5.96 Å². The van der Waals surface area contributed by atoms with Gasteiger partial charge in [-0.1, -0.05) is 12.1 Å². The lowest BCUT2D eigenvalue weighted by molar-refractivity contribution is 1.34. The van der Waals surface area contributed by atoms with Gasteiger partial charge in [-0.2, -0.15) is 0 Å². The van der Waals surface area contributed by atoms with Crippen LogP contribution in [-0.2, 0) is 0 Å². The fourth-order valence-electron chi connectivity index (χ4n) is 0.894. The third-order valence-electron chi connectivity index (χ3n) is 1.43. The summed E-state index contributed by atoms with van der Waals surface area (Å²) >= 11 is 3.36. The number of guanidine groups is 1.